The standard InChI is InChI=1S/C21H19N3O3S/c1-14-10-19(15(2)24(14)11-18-4-3-9-28-18)20(25)12-26-17-7-5-16(6-8-17)21-23-22-13-27-21/h3-10,13H,11-12H2,1-2H3. The number of benzene rings is 1. The van der Waals surface area contributed by atoms with Gasteiger partial charge >= 0.3 is 0 Å². The Morgan fingerprint density at radius 1 is 1.21 bits per heavy atom. The number of ether oxygens (including phenoxy) is 1. The molecule has 7 heteroatoms. The van der Waals surface area contributed by atoms with Crippen molar-refractivity contribution in [1.29, 1.82) is 0 Å². The normalized spacial score (nSPS) is 10.9. The Labute approximate surface area is 166 Å². The van der Waals surface area contributed by atoms with E-state index >= 15 is 0 Å². The maximum Gasteiger partial charge on any atom is 0.247 e. The highest BCUT2D eigenvalue weighted by Crippen LogP contribution is 2.22. The van der Waals surface area contributed by atoms with E-state index < -0.39 is 0 Å². The van der Waals surface area contributed by atoms with Gasteiger partial charge in [-0.25, -0.2) is 0 Å². The first-order valence-corrected chi connectivity index (χ1v) is 9.71. The fourth-order valence-electron chi connectivity index (χ4n) is 3.10. The van der Waals surface area contributed by atoms with Gasteiger partial charge in [0.25, 0.3) is 0 Å². The van der Waals surface area contributed by atoms with Crippen molar-refractivity contribution < 1.29 is 13.9 Å². The summed E-state index contributed by atoms with van der Waals surface area (Å²) in [5.74, 6) is 1.02. The first-order chi connectivity index (χ1) is 13.6. The number of hydrogen-bond donors (Lipinski definition) is 0. The van der Waals surface area contributed by atoms with Crippen molar-refractivity contribution in [3.05, 3.63) is 76.1 Å². The highest BCUT2D eigenvalue weighted by Gasteiger charge is 2.17. The average molecular weight is 393 g/mol. The second-order valence-corrected chi connectivity index (χ2v) is 7.46. The van der Waals surface area contributed by atoms with Crippen LogP contribution >= 0.6 is 11.3 Å². The Hall–Kier alpha value is -3.19. The van der Waals surface area contributed by atoms with Gasteiger partial charge in [0.15, 0.2) is 6.61 Å². The van der Waals surface area contributed by atoms with Gasteiger partial charge in [0, 0.05) is 27.4 Å². The van der Waals surface area contributed by atoms with Crippen molar-refractivity contribution >= 4 is 17.1 Å². The summed E-state index contributed by atoms with van der Waals surface area (Å²) in [6.07, 6.45) is 1.29. The van der Waals surface area contributed by atoms with Gasteiger partial charge in [0.1, 0.15) is 5.75 Å². The zero-order valence-corrected chi connectivity index (χ0v) is 16.4. The van der Waals surface area contributed by atoms with Crippen LogP contribution in [0.15, 0.2) is 58.7 Å². The Kier molecular flexibility index (Phi) is 5.08. The van der Waals surface area contributed by atoms with Crippen LogP contribution in [0.4, 0.5) is 0 Å². The molecule has 3 heterocycles. The van der Waals surface area contributed by atoms with E-state index in [4.69, 9.17) is 9.15 Å². The first-order valence-electron chi connectivity index (χ1n) is 8.83. The van der Waals surface area contributed by atoms with Crippen LogP contribution in [0.1, 0.15) is 26.6 Å². The summed E-state index contributed by atoms with van der Waals surface area (Å²) in [6, 6.07) is 13.3. The van der Waals surface area contributed by atoms with E-state index in [-0.39, 0.29) is 12.4 Å². The SMILES string of the molecule is Cc1cc(C(=O)COc2ccc(-c3nnco3)cc2)c(C)n1Cc1cccs1. The Morgan fingerprint density at radius 3 is 2.71 bits per heavy atom. The number of ketones is 1. The fraction of sp³-hybridized carbons (Fsp3) is 0.190. The molecule has 0 fully saturated rings. The summed E-state index contributed by atoms with van der Waals surface area (Å²) < 4.78 is 13.0. The average Bonchev–Trinajstić information content (AvgIpc) is 3.46. The summed E-state index contributed by atoms with van der Waals surface area (Å²) in [4.78, 5) is 14.0. The number of carbonyl (C=O) groups excluding carboxylic acids is 1. The quantitative estimate of drug-likeness (QED) is 0.432. The number of hydrogen-bond acceptors (Lipinski definition) is 6. The van der Waals surface area contributed by atoms with Crippen LogP contribution in [0.2, 0.25) is 0 Å². The Balaban J connectivity index is 1.42. The van der Waals surface area contributed by atoms with E-state index in [0.29, 0.717) is 17.2 Å². The summed E-state index contributed by atoms with van der Waals surface area (Å²) in [5.41, 5.74) is 3.54. The molecular weight excluding hydrogens is 374 g/mol. The molecule has 142 valence electrons. The lowest BCUT2D eigenvalue weighted by Gasteiger charge is -2.09. The smallest absolute Gasteiger partial charge is 0.247 e. The van der Waals surface area contributed by atoms with Crippen molar-refractivity contribution in [1.82, 2.24) is 14.8 Å². The lowest BCUT2D eigenvalue weighted by molar-refractivity contribution is 0.0921. The lowest BCUT2D eigenvalue weighted by atomic mass is 10.1. The molecule has 28 heavy (non-hydrogen) atoms. The van der Waals surface area contributed by atoms with Crippen molar-refractivity contribution in [3.63, 3.8) is 0 Å². The van der Waals surface area contributed by atoms with Gasteiger partial charge < -0.3 is 13.7 Å². The number of aromatic nitrogens is 3. The number of aryl methyl sites for hydroxylation is 1. The van der Waals surface area contributed by atoms with Crippen LogP contribution in [0.25, 0.3) is 11.5 Å². The Morgan fingerprint density at radius 2 is 2.04 bits per heavy atom. The van der Waals surface area contributed by atoms with E-state index in [2.05, 4.69) is 26.2 Å². The molecule has 0 aliphatic heterocycles. The molecular formula is C21H19N3O3S. The maximum atomic E-state index is 12.7. The zero-order chi connectivity index (χ0) is 19.5. The molecule has 3 aromatic heterocycles. The lowest BCUT2D eigenvalue weighted by Crippen LogP contribution is -2.13. The van der Waals surface area contributed by atoms with Gasteiger partial charge in [-0.2, -0.15) is 0 Å². The Bertz CT molecular complexity index is 1070. The van der Waals surface area contributed by atoms with Gasteiger partial charge in [-0.15, -0.1) is 21.5 Å². The van der Waals surface area contributed by atoms with Crippen LogP contribution in [0.3, 0.4) is 0 Å². The maximum absolute atomic E-state index is 12.7. The predicted molar refractivity (Wildman–Crippen MR) is 107 cm³/mol. The molecule has 0 atom stereocenters. The van der Waals surface area contributed by atoms with Crippen LogP contribution in [0, 0.1) is 13.8 Å². The molecule has 0 N–H and O–H groups in total. The summed E-state index contributed by atoms with van der Waals surface area (Å²) in [7, 11) is 0. The molecule has 1 aromatic carbocycles. The van der Waals surface area contributed by atoms with Crippen molar-refractivity contribution in [2.24, 2.45) is 0 Å². The number of Topliss-reactive ketones (excluding diaryl/α,β-unsaturated/α-hetero) is 1. The summed E-state index contributed by atoms with van der Waals surface area (Å²) >= 11 is 1.71. The molecule has 0 aliphatic rings. The second kappa shape index (κ2) is 7.82. The molecule has 0 aliphatic carbocycles. The molecule has 6 nitrogen and oxygen atoms in total. The molecule has 0 saturated carbocycles. The molecule has 0 amide bonds. The molecule has 4 rings (SSSR count). The fourth-order valence-corrected chi connectivity index (χ4v) is 3.80. The van der Waals surface area contributed by atoms with E-state index in [1.165, 1.54) is 11.3 Å². The topological polar surface area (TPSA) is 70.2 Å². The minimum Gasteiger partial charge on any atom is -0.485 e. The monoisotopic (exact) mass is 393 g/mol. The van der Waals surface area contributed by atoms with E-state index in [1.807, 2.05) is 38.1 Å². The number of nitrogens with zero attached hydrogens (tertiary/aromatic N) is 3. The zero-order valence-electron chi connectivity index (χ0n) is 15.6. The van der Waals surface area contributed by atoms with Crippen molar-refractivity contribution in [2.45, 2.75) is 20.4 Å². The van der Waals surface area contributed by atoms with E-state index in [0.717, 1.165) is 23.5 Å². The summed E-state index contributed by atoms with van der Waals surface area (Å²) in [5, 5.41) is 9.59. The van der Waals surface area contributed by atoms with Gasteiger partial charge in [-0.3, -0.25) is 4.79 Å². The third kappa shape index (κ3) is 3.75. The molecule has 0 bridgehead atoms. The third-order valence-corrected chi connectivity index (χ3v) is 5.46. The predicted octanol–water partition coefficient (Wildman–Crippen LogP) is 4.53. The highest BCUT2D eigenvalue weighted by atomic mass is 32.1. The number of thiophene rings is 1. The minimum absolute atomic E-state index is 0.0107. The van der Waals surface area contributed by atoms with Crippen LogP contribution in [0.5, 0.6) is 5.75 Å². The molecule has 0 saturated heterocycles. The molecule has 0 unspecified atom stereocenters. The third-order valence-electron chi connectivity index (χ3n) is 4.60. The van der Waals surface area contributed by atoms with Crippen LogP contribution < -0.4 is 4.74 Å². The number of rotatable bonds is 7. The van der Waals surface area contributed by atoms with Gasteiger partial charge in [-0.1, -0.05) is 6.07 Å². The van der Waals surface area contributed by atoms with E-state index in [9.17, 15) is 4.79 Å². The van der Waals surface area contributed by atoms with Crippen molar-refractivity contribution in [2.75, 3.05) is 6.61 Å². The summed E-state index contributed by atoms with van der Waals surface area (Å²) in [6.45, 7) is 4.77. The first kappa shape index (κ1) is 18.2. The van der Waals surface area contributed by atoms with E-state index in [1.54, 1.807) is 23.5 Å². The van der Waals surface area contributed by atoms with Gasteiger partial charge in [0.2, 0.25) is 18.1 Å². The van der Waals surface area contributed by atoms with Crippen LogP contribution in [-0.4, -0.2) is 27.2 Å². The number of carbonyl (C=O) groups is 1. The van der Waals surface area contributed by atoms with Gasteiger partial charge in [0.05, 0.1) is 6.54 Å². The van der Waals surface area contributed by atoms with Crippen LogP contribution in [-0.2, 0) is 6.54 Å². The highest BCUT2D eigenvalue weighted by molar-refractivity contribution is 7.09. The van der Waals surface area contributed by atoms with Gasteiger partial charge in [-0.05, 0) is 55.6 Å². The molecule has 0 radical (unpaired) electrons. The molecule has 0 spiro atoms. The molecule has 4 aromatic rings. The minimum atomic E-state index is -0.0356. The largest absolute Gasteiger partial charge is 0.485 e. The second-order valence-electron chi connectivity index (χ2n) is 6.43. The van der Waals surface area contributed by atoms with Crippen molar-refractivity contribution in [3.8, 4) is 17.2 Å².